The lowest BCUT2D eigenvalue weighted by Gasteiger charge is -2.10. The van der Waals surface area contributed by atoms with Crippen molar-refractivity contribution < 1.29 is 19.1 Å². The van der Waals surface area contributed by atoms with Gasteiger partial charge in [-0.05, 0) is 12.1 Å². The highest BCUT2D eigenvalue weighted by Crippen LogP contribution is 2.27. The van der Waals surface area contributed by atoms with Crippen LogP contribution in [0.15, 0.2) is 12.1 Å². The zero-order chi connectivity index (χ0) is 16.3. The molecule has 0 amide bonds. The highest BCUT2D eigenvalue weighted by molar-refractivity contribution is 6.42. The van der Waals surface area contributed by atoms with Gasteiger partial charge in [-0.2, -0.15) is 0 Å². The number of rotatable bonds is 4. The highest BCUT2D eigenvalue weighted by Gasteiger charge is 2.13. The molecule has 22 heavy (non-hydrogen) atoms. The van der Waals surface area contributed by atoms with E-state index in [2.05, 4.69) is 9.97 Å². The van der Waals surface area contributed by atoms with Gasteiger partial charge in [-0.25, -0.2) is 9.97 Å². The number of ether oxygens (including phenoxy) is 2. The molecule has 6 nitrogen and oxygen atoms in total. The van der Waals surface area contributed by atoms with Crippen LogP contribution < -0.4 is 0 Å². The minimum atomic E-state index is -0.450. The van der Waals surface area contributed by atoms with Gasteiger partial charge in [0, 0.05) is 13.8 Å². The first-order valence-corrected chi connectivity index (χ1v) is 7.03. The molecule has 2 aromatic rings. The number of esters is 2. The summed E-state index contributed by atoms with van der Waals surface area (Å²) < 4.78 is 9.87. The van der Waals surface area contributed by atoms with Crippen LogP contribution in [0.4, 0.5) is 0 Å². The van der Waals surface area contributed by atoms with Crippen LogP contribution in [0.25, 0.3) is 11.0 Å². The lowest BCUT2D eigenvalue weighted by atomic mass is 10.2. The molecule has 0 aliphatic rings. The van der Waals surface area contributed by atoms with Crippen LogP contribution >= 0.6 is 23.2 Å². The van der Waals surface area contributed by atoms with Crippen molar-refractivity contribution >= 4 is 46.2 Å². The minimum absolute atomic E-state index is 0.0743. The molecule has 0 atom stereocenters. The van der Waals surface area contributed by atoms with Gasteiger partial charge in [0.1, 0.15) is 24.6 Å². The molecular formula is C14H12Cl2N2O4. The van der Waals surface area contributed by atoms with Crippen LogP contribution in [0.5, 0.6) is 0 Å². The fourth-order valence-electron chi connectivity index (χ4n) is 1.70. The Morgan fingerprint density at radius 2 is 1.27 bits per heavy atom. The normalized spacial score (nSPS) is 10.5. The summed E-state index contributed by atoms with van der Waals surface area (Å²) in [5.74, 6) is -0.899. The van der Waals surface area contributed by atoms with Crippen molar-refractivity contribution in [2.75, 3.05) is 0 Å². The number of benzene rings is 1. The zero-order valence-corrected chi connectivity index (χ0v) is 13.4. The fourth-order valence-corrected chi connectivity index (χ4v) is 2.01. The third kappa shape index (κ3) is 4.05. The lowest BCUT2D eigenvalue weighted by molar-refractivity contribution is -0.144. The summed E-state index contributed by atoms with van der Waals surface area (Å²) in [6.45, 7) is 2.43. The molecule has 0 spiro atoms. The van der Waals surface area contributed by atoms with E-state index in [1.54, 1.807) is 12.1 Å². The van der Waals surface area contributed by atoms with Crippen molar-refractivity contribution in [2.24, 2.45) is 0 Å². The summed E-state index contributed by atoms with van der Waals surface area (Å²) in [6, 6.07) is 3.14. The summed E-state index contributed by atoms with van der Waals surface area (Å²) in [6.07, 6.45) is 0. The van der Waals surface area contributed by atoms with E-state index >= 15 is 0 Å². The maximum Gasteiger partial charge on any atom is 0.303 e. The van der Waals surface area contributed by atoms with Crippen molar-refractivity contribution in [3.05, 3.63) is 33.6 Å². The number of carbonyl (C=O) groups excluding carboxylic acids is 2. The van der Waals surface area contributed by atoms with E-state index in [0.717, 1.165) is 0 Å². The van der Waals surface area contributed by atoms with Crippen molar-refractivity contribution in [1.82, 2.24) is 9.97 Å². The largest absolute Gasteiger partial charge is 0.459 e. The molecule has 0 aliphatic heterocycles. The van der Waals surface area contributed by atoms with Gasteiger partial charge < -0.3 is 9.47 Å². The predicted molar refractivity (Wildman–Crippen MR) is 80.5 cm³/mol. The summed E-state index contributed by atoms with van der Waals surface area (Å²) in [4.78, 5) is 30.6. The van der Waals surface area contributed by atoms with E-state index in [1.165, 1.54) is 13.8 Å². The maximum atomic E-state index is 11.0. The van der Waals surface area contributed by atoms with Crippen LogP contribution in [-0.4, -0.2) is 21.9 Å². The molecule has 2 rings (SSSR count). The van der Waals surface area contributed by atoms with Crippen LogP contribution in [0.2, 0.25) is 10.0 Å². The molecule has 1 aromatic heterocycles. The second kappa shape index (κ2) is 6.89. The third-order valence-corrected chi connectivity index (χ3v) is 3.41. The van der Waals surface area contributed by atoms with E-state index in [-0.39, 0.29) is 13.2 Å². The molecule has 0 saturated carbocycles. The number of halogens is 2. The van der Waals surface area contributed by atoms with Crippen LogP contribution in [0.3, 0.4) is 0 Å². The van der Waals surface area contributed by atoms with Crippen molar-refractivity contribution in [3.8, 4) is 0 Å². The number of fused-ring (bicyclic) bond motifs is 1. The molecule has 0 unspecified atom stereocenters. The van der Waals surface area contributed by atoms with Gasteiger partial charge in [0.2, 0.25) is 0 Å². The van der Waals surface area contributed by atoms with Gasteiger partial charge in [-0.1, -0.05) is 23.2 Å². The highest BCUT2D eigenvalue weighted by atomic mass is 35.5. The summed E-state index contributed by atoms with van der Waals surface area (Å²) in [7, 11) is 0. The molecule has 0 N–H and O–H groups in total. The summed E-state index contributed by atoms with van der Waals surface area (Å²) >= 11 is 11.9. The van der Waals surface area contributed by atoms with Gasteiger partial charge >= 0.3 is 11.9 Å². The van der Waals surface area contributed by atoms with Crippen molar-refractivity contribution in [1.29, 1.82) is 0 Å². The molecule has 0 fully saturated rings. The smallest absolute Gasteiger partial charge is 0.303 e. The van der Waals surface area contributed by atoms with Gasteiger partial charge in [-0.3, -0.25) is 9.59 Å². The zero-order valence-electron chi connectivity index (χ0n) is 11.9. The minimum Gasteiger partial charge on any atom is -0.459 e. The van der Waals surface area contributed by atoms with Crippen LogP contribution in [0.1, 0.15) is 25.2 Å². The van der Waals surface area contributed by atoms with Gasteiger partial charge in [0.25, 0.3) is 0 Å². The quantitative estimate of drug-likeness (QED) is 0.794. The maximum absolute atomic E-state index is 11.0. The SMILES string of the molecule is CC(=O)OCc1nc2cc(Cl)c(Cl)cc2nc1COC(C)=O. The molecule has 0 saturated heterocycles. The number of hydrogen-bond acceptors (Lipinski definition) is 6. The van der Waals surface area contributed by atoms with Crippen LogP contribution in [-0.2, 0) is 32.3 Å². The Kier molecular flexibility index (Phi) is 5.15. The van der Waals surface area contributed by atoms with E-state index < -0.39 is 11.9 Å². The second-order valence-electron chi connectivity index (χ2n) is 4.43. The first-order valence-electron chi connectivity index (χ1n) is 6.28. The number of nitrogens with zero attached hydrogens (tertiary/aromatic N) is 2. The third-order valence-electron chi connectivity index (χ3n) is 2.69. The standard InChI is InChI=1S/C14H12Cl2N2O4/c1-7(19)21-5-13-14(6-22-8(2)20)18-12-4-10(16)9(15)3-11(12)17-13/h3-4H,5-6H2,1-2H3. The fraction of sp³-hybridized carbons (Fsp3) is 0.286. The Morgan fingerprint density at radius 3 is 1.59 bits per heavy atom. The molecule has 8 heteroatoms. The Hall–Kier alpha value is -1.92. The van der Waals surface area contributed by atoms with E-state index in [4.69, 9.17) is 32.7 Å². The summed E-state index contributed by atoms with van der Waals surface area (Å²) in [5.41, 5.74) is 1.79. The topological polar surface area (TPSA) is 78.4 Å². The van der Waals surface area contributed by atoms with E-state index in [1.807, 2.05) is 0 Å². The lowest BCUT2D eigenvalue weighted by Crippen LogP contribution is -2.09. The number of hydrogen-bond donors (Lipinski definition) is 0. The van der Waals surface area contributed by atoms with E-state index in [0.29, 0.717) is 32.5 Å². The summed E-state index contributed by atoms with van der Waals surface area (Å²) in [5, 5.41) is 0.685. The van der Waals surface area contributed by atoms with Gasteiger partial charge in [0.05, 0.1) is 21.1 Å². The van der Waals surface area contributed by atoms with Crippen LogP contribution in [0, 0.1) is 0 Å². The molecule has 1 heterocycles. The second-order valence-corrected chi connectivity index (χ2v) is 5.25. The Morgan fingerprint density at radius 1 is 0.909 bits per heavy atom. The average Bonchev–Trinajstić information content (AvgIpc) is 2.44. The first kappa shape index (κ1) is 16.5. The molecule has 116 valence electrons. The Bertz CT molecular complexity index is 687. The van der Waals surface area contributed by atoms with Gasteiger partial charge in [0.15, 0.2) is 0 Å². The molecule has 0 aliphatic carbocycles. The van der Waals surface area contributed by atoms with Crippen molar-refractivity contribution in [2.45, 2.75) is 27.1 Å². The molecular weight excluding hydrogens is 331 g/mol. The van der Waals surface area contributed by atoms with Gasteiger partial charge in [-0.15, -0.1) is 0 Å². The molecule has 0 bridgehead atoms. The van der Waals surface area contributed by atoms with Crippen molar-refractivity contribution in [3.63, 3.8) is 0 Å². The number of carbonyl (C=O) groups is 2. The molecule has 1 aromatic carbocycles. The monoisotopic (exact) mass is 342 g/mol. The number of aromatic nitrogens is 2. The first-order chi connectivity index (χ1) is 10.4. The Labute approximate surface area is 136 Å². The average molecular weight is 343 g/mol. The predicted octanol–water partition coefficient (Wildman–Crippen LogP) is 3.06. The Balaban J connectivity index is 2.46. The van der Waals surface area contributed by atoms with E-state index in [9.17, 15) is 9.59 Å². The molecule has 0 radical (unpaired) electrons.